The Hall–Kier alpha value is -4.71. The maximum Gasteiger partial charge on any atom is 0.319 e. The van der Waals surface area contributed by atoms with Gasteiger partial charge in [-0.15, -0.1) is 0 Å². The zero-order chi connectivity index (χ0) is 26.7. The lowest BCUT2D eigenvalue weighted by Crippen LogP contribution is -2.42. The highest BCUT2D eigenvalue weighted by Crippen LogP contribution is 2.55. The summed E-state index contributed by atoms with van der Waals surface area (Å²) < 4.78 is 11.5. The van der Waals surface area contributed by atoms with Crippen LogP contribution in [0.4, 0.5) is 5.69 Å². The first-order valence-corrected chi connectivity index (χ1v) is 13.2. The summed E-state index contributed by atoms with van der Waals surface area (Å²) in [5, 5.41) is 1.80. The van der Waals surface area contributed by atoms with Gasteiger partial charge in [0.25, 0.3) is 0 Å². The predicted octanol–water partition coefficient (Wildman–Crippen LogP) is 5.76. The summed E-state index contributed by atoms with van der Waals surface area (Å²) in [5.41, 5.74) is 2.93. The fourth-order valence-electron chi connectivity index (χ4n) is 6.40. The smallest absolute Gasteiger partial charge is 0.319 e. The van der Waals surface area contributed by atoms with E-state index in [0.29, 0.717) is 23.8 Å². The van der Waals surface area contributed by atoms with E-state index < -0.39 is 23.7 Å². The molecule has 7 rings (SSSR count). The molecule has 2 amide bonds. The number of rotatable bonds is 4. The molecule has 2 aliphatic heterocycles. The van der Waals surface area contributed by atoms with Gasteiger partial charge >= 0.3 is 5.97 Å². The first-order chi connectivity index (χ1) is 19.1. The molecule has 1 saturated heterocycles. The highest BCUT2D eigenvalue weighted by Gasteiger charge is 2.60. The minimum Gasteiger partial charge on any atom is -0.494 e. The Labute approximate surface area is 225 Å². The van der Waals surface area contributed by atoms with E-state index in [9.17, 15) is 14.4 Å². The molecule has 1 aliphatic carbocycles. The van der Waals surface area contributed by atoms with Crippen LogP contribution in [0.2, 0.25) is 0 Å². The first-order valence-electron chi connectivity index (χ1n) is 13.2. The summed E-state index contributed by atoms with van der Waals surface area (Å²) in [6.07, 6.45) is 2.02. The van der Waals surface area contributed by atoms with E-state index in [4.69, 9.17) is 9.47 Å². The highest BCUT2D eigenvalue weighted by molar-refractivity contribution is 6.24. The maximum atomic E-state index is 14.1. The number of amides is 2. The molecule has 4 aromatic rings. The molecule has 6 heteroatoms. The predicted molar refractivity (Wildman–Crippen MR) is 147 cm³/mol. The molecule has 3 aliphatic rings. The van der Waals surface area contributed by atoms with Crippen LogP contribution in [-0.2, 0) is 14.4 Å². The lowest BCUT2D eigenvalue weighted by atomic mass is 9.64. The number of ether oxygens (including phenoxy) is 2. The Morgan fingerprint density at radius 1 is 0.795 bits per heavy atom. The minimum absolute atomic E-state index is 0.310. The van der Waals surface area contributed by atoms with Crippen molar-refractivity contribution in [3.8, 4) is 11.5 Å². The Balaban J connectivity index is 1.39. The topological polar surface area (TPSA) is 72.9 Å². The van der Waals surface area contributed by atoms with Crippen LogP contribution in [0, 0.1) is 17.8 Å². The molecule has 2 heterocycles. The van der Waals surface area contributed by atoms with Gasteiger partial charge in [0.2, 0.25) is 11.8 Å². The molecule has 39 heavy (non-hydrogen) atoms. The van der Waals surface area contributed by atoms with Gasteiger partial charge in [-0.3, -0.25) is 14.4 Å². The van der Waals surface area contributed by atoms with E-state index in [1.807, 2.05) is 79.7 Å². The summed E-state index contributed by atoms with van der Waals surface area (Å²) in [7, 11) is 0. The molecule has 0 aromatic heterocycles. The van der Waals surface area contributed by atoms with Gasteiger partial charge in [0.05, 0.1) is 30.0 Å². The number of allylic oxidation sites excluding steroid dienone is 1. The average Bonchev–Trinajstić information content (AvgIpc) is 3.23. The van der Waals surface area contributed by atoms with Gasteiger partial charge in [0, 0.05) is 16.9 Å². The van der Waals surface area contributed by atoms with Gasteiger partial charge in [-0.05, 0) is 47.7 Å². The van der Waals surface area contributed by atoms with Crippen molar-refractivity contribution in [2.45, 2.75) is 12.8 Å². The van der Waals surface area contributed by atoms with Crippen LogP contribution in [0.15, 0.2) is 97.1 Å². The number of carbonyl (C=O) groups is 3. The van der Waals surface area contributed by atoms with Gasteiger partial charge in [0.1, 0.15) is 11.5 Å². The standard InChI is InChI=1S/C33H25NO5/c1-2-38-22-15-13-21(14-16-22)34-31(35)27-25(19-8-4-3-5-9-19)18-26-24-17-12-20-10-6-7-11-23(20)30(24)39-33(37)28(26)29(27)32(34)36/h3-18,25,27-29H,2H2,1H3/t25-,27+,28+,29-/m0/s1. The number of hydrogen-bond acceptors (Lipinski definition) is 5. The van der Waals surface area contributed by atoms with Crippen molar-refractivity contribution in [3.63, 3.8) is 0 Å². The third-order valence-electron chi connectivity index (χ3n) is 8.08. The van der Waals surface area contributed by atoms with Crippen molar-refractivity contribution in [2.24, 2.45) is 17.8 Å². The fraction of sp³-hybridized carbons (Fsp3) is 0.182. The van der Waals surface area contributed by atoms with E-state index >= 15 is 0 Å². The highest BCUT2D eigenvalue weighted by atomic mass is 16.5. The summed E-state index contributed by atoms with van der Waals surface area (Å²) in [5.74, 6) is -2.88. The van der Waals surface area contributed by atoms with E-state index in [1.165, 1.54) is 4.90 Å². The van der Waals surface area contributed by atoms with Crippen molar-refractivity contribution in [2.75, 3.05) is 11.5 Å². The number of benzene rings is 4. The van der Waals surface area contributed by atoms with Crippen molar-refractivity contribution < 1.29 is 23.9 Å². The van der Waals surface area contributed by atoms with Crippen LogP contribution < -0.4 is 14.4 Å². The lowest BCUT2D eigenvalue weighted by molar-refractivity contribution is -0.142. The number of esters is 1. The van der Waals surface area contributed by atoms with Crippen molar-refractivity contribution >= 4 is 39.8 Å². The monoisotopic (exact) mass is 515 g/mol. The Morgan fingerprint density at radius 3 is 2.28 bits per heavy atom. The van der Waals surface area contributed by atoms with Gasteiger partial charge in [-0.1, -0.05) is 72.8 Å². The number of nitrogens with zero attached hydrogens (tertiary/aromatic N) is 1. The largest absolute Gasteiger partial charge is 0.494 e. The molecule has 192 valence electrons. The SMILES string of the molecule is CCOc1ccc(N2C(=O)[C@@H]3[C@@H]4C(=O)Oc5c(ccc6ccccc56)C4=C[C@@H](c4ccccc4)[C@H]3C2=O)cc1. The minimum atomic E-state index is -0.874. The van der Waals surface area contributed by atoms with Crippen molar-refractivity contribution in [1.29, 1.82) is 0 Å². The number of imide groups is 1. The molecule has 6 nitrogen and oxygen atoms in total. The number of fused-ring (bicyclic) bond motifs is 7. The van der Waals surface area contributed by atoms with Crippen LogP contribution >= 0.6 is 0 Å². The molecule has 0 unspecified atom stereocenters. The molecule has 0 saturated carbocycles. The molecule has 0 N–H and O–H groups in total. The molecule has 0 spiro atoms. The van der Waals surface area contributed by atoms with Crippen LogP contribution in [0.1, 0.15) is 24.0 Å². The molecular formula is C33H25NO5. The van der Waals surface area contributed by atoms with E-state index in [-0.39, 0.29) is 17.7 Å². The molecule has 4 aromatic carbocycles. The summed E-state index contributed by atoms with van der Waals surface area (Å²) in [6.45, 7) is 2.41. The van der Waals surface area contributed by atoms with Gasteiger partial charge in [0.15, 0.2) is 0 Å². The number of carbonyl (C=O) groups excluding carboxylic acids is 3. The van der Waals surface area contributed by atoms with Gasteiger partial charge in [-0.25, -0.2) is 4.90 Å². The number of anilines is 1. The number of hydrogen-bond donors (Lipinski definition) is 0. The van der Waals surface area contributed by atoms with E-state index in [1.54, 1.807) is 24.3 Å². The molecule has 4 atom stereocenters. The summed E-state index contributed by atoms with van der Waals surface area (Å²) in [6, 6.07) is 28.4. The van der Waals surface area contributed by atoms with Gasteiger partial charge < -0.3 is 9.47 Å². The second-order valence-corrected chi connectivity index (χ2v) is 10.1. The molecule has 0 radical (unpaired) electrons. The van der Waals surface area contributed by atoms with Crippen LogP contribution in [0.3, 0.4) is 0 Å². The second kappa shape index (κ2) is 8.95. The van der Waals surface area contributed by atoms with E-state index in [0.717, 1.165) is 27.5 Å². The molecule has 1 fully saturated rings. The lowest BCUT2D eigenvalue weighted by Gasteiger charge is -2.38. The summed E-state index contributed by atoms with van der Waals surface area (Å²) in [4.78, 5) is 43.0. The van der Waals surface area contributed by atoms with Crippen LogP contribution in [-0.4, -0.2) is 24.4 Å². The normalized spacial score (nSPS) is 23.6. The fourth-order valence-corrected chi connectivity index (χ4v) is 6.40. The molecular weight excluding hydrogens is 490 g/mol. The Kier molecular flexibility index (Phi) is 5.37. The zero-order valence-electron chi connectivity index (χ0n) is 21.2. The zero-order valence-corrected chi connectivity index (χ0v) is 21.2. The maximum absolute atomic E-state index is 14.1. The molecule has 0 bridgehead atoms. The third kappa shape index (κ3) is 3.52. The van der Waals surface area contributed by atoms with Crippen molar-refractivity contribution in [1.82, 2.24) is 0 Å². The second-order valence-electron chi connectivity index (χ2n) is 10.1. The Bertz CT molecular complexity index is 1670. The summed E-state index contributed by atoms with van der Waals surface area (Å²) >= 11 is 0. The quantitative estimate of drug-likeness (QED) is 0.196. The average molecular weight is 516 g/mol. The van der Waals surface area contributed by atoms with Gasteiger partial charge in [-0.2, -0.15) is 0 Å². The first kappa shape index (κ1) is 23.4. The van der Waals surface area contributed by atoms with E-state index in [2.05, 4.69) is 0 Å². The van der Waals surface area contributed by atoms with Crippen LogP contribution in [0.25, 0.3) is 16.3 Å². The van der Waals surface area contributed by atoms with Crippen molar-refractivity contribution in [3.05, 3.63) is 108 Å². The third-order valence-corrected chi connectivity index (χ3v) is 8.08. The Morgan fingerprint density at radius 2 is 1.51 bits per heavy atom. The van der Waals surface area contributed by atoms with Crippen LogP contribution in [0.5, 0.6) is 11.5 Å².